The summed E-state index contributed by atoms with van der Waals surface area (Å²) in [4.78, 5) is 24.6. The normalized spacial score (nSPS) is 17.0. The molecule has 1 fully saturated rings. The van der Waals surface area contributed by atoms with Gasteiger partial charge in [-0.15, -0.1) is 0 Å². The van der Waals surface area contributed by atoms with Crippen molar-refractivity contribution in [2.45, 2.75) is 37.6 Å². The van der Waals surface area contributed by atoms with E-state index in [4.69, 9.17) is 11.6 Å². The van der Waals surface area contributed by atoms with Crippen molar-refractivity contribution in [3.05, 3.63) is 58.6 Å². The maximum Gasteiger partial charge on any atom is 0.313 e. The Labute approximate surface area is 181 Å². The number of amides is 2. The first kappa shape index (κ1) is 22.3. The molecule has 30 heavy (non-hydrogen) atoms. The van der Waals surface area contributed by atoms with Gasteiger partial charge in [-0.3, -0.25) is 9.59 Å². The van der Waals surface area contributed by atoms with Gasteiger partial charge in [0.15, 0.2) is 0 Å². The second kappa shape index (κ2) is 9.16. The highest BCUT2D eigenvalue weighted by molar-refractivity contribution is 7.89. The molecule has 2 aromatic carbocycles. The molecule has 2 amide bonds. The third kappa shape index (κ3) is 5.00. The van der Waals surface area contributed by atoms with Crippen LogP contribution in [0, 0.1) is 13.8 Å². The summed E-state index contributed by atoms with van der Waals surface area (Å²) in [5, 5.41) is 5.55. The summed E-state index contributed by atoms with van der Waals surface area (Å²) in [6.07, 6.45) is 1.31. The van der Waals surface area contributed by atoms with Crippen LogP contribution in [0.3, 0.4) is 0 Å². The molecule has 3 rings (SSSR count). The number of aryl methyl sites for hydroxylation is 2. The molecule has 0 bridgehead atoms. The molecule has 0 aromatic heterocycles. The van der Waals surface area contributed by atoms with Gasteiger partial charge in [0.25, 0.3) is 0 Å². The average Bonchev–Trinajstić information content (AvgIpc) is 3.19. The van der Waals surface area contributed by atoms with Crippen molar-refractivity contribution in [3.8, 4) is 0 Å². The van der Waals surface area contributed by atoms with Gasteiger partial charge in [0.2, 0.25) is 10.0 Å². The molecule has 1 heterocycles. The van der Waals surface area contributed by atoms with E-state index in [0.29, 0.717) is 35.7 Å². The topological polar surface area (TPSA) is 95.6 Å². The van der Waals surface area contributed by atoms with Crippen molar-refractivity contribution in [2.75, 3.05) is 18.4 Å². The highest BCUT2D eigenvalue weighted by Crippen LogP contribution is 2.28. The van der Waals surface area contributed by atoms with Gasteiger partial charge in [-0.2, -0.15) is 4.31 Å². The van der Waals surface area contributed by atoms with Crippen LogP contribution in [0.2, 0.25) is 5.02 Å². The maximum atomic E-state index is 13.2. The third-order valence-corrected chi connectivity index (χ3v) is 7.41. The molecule has 7 nitrogen and oxygen atoms in total. The number of hydrogen-bond donors (Lipinski definition) is 2. The molecule has 9 heteroatoms. The van der Waals surface area contributed by atoms with E-state index >= 15 is 0 Å². The predicted molar refractivity (Wildman–Crippen MR) is 116 cm³/mol. The molecule has 1 aliphatic heterocycles. The summed E-state index contributed by atoms with van der Waals surface area (Å²) in [7, 11) is -3.69. The Bertz CT molecular complexity index is 1050. The van der Waals surface area contributed by atoms with E-state index in [0.717, 1.165) is 5.56 Å². The number of rotatable bonds is 5. The molecule has 1 atom stereocenters. The predicted octanol–water partition coefficient (Wildman–Crippen LogP) is 2.86. The second-order valence-electron chi connectivity index (χ2n) is 7.35. The van der Waals surface area contributed by atoms with Crippen LogP contribution in [0.4, 0.5) is 5.69 Å². The Hall–Kier alpha value is -2.42. The van der Waals surface area contributed by atoms with E-state index in [1.54, 1.807) is 43.3 Å². The molecular weight excluding hydrogens is 426 g/mol. The monoisotopic (exact) mass is 449 g/mol. The summed E-state index contributed by atoms with van der Waals surface area (Å²) >= 11 is 5.80. The van der Waals surface area contributed by atoms with Crippen LogP contribution < -0.4 is 10.6 Å². The smallest absolute Gasteiger partial charge is 0.313 e. The van der Waals surface area contributed by atoms with Crippen LogP contribution in [0.15, 0.2) is 47.4 Å². The fourth-order valence-electron chi connectivity index (χ4n) is 3.45. The van der Waals surface area contributed by atoms with Crippen molar-refractivity contribution in [1.29, 1.82) is 0 Å². The minimum atomic E-state index is -3.69. The summed E-state index contributed by atoms with van der Waals surface area (Å²) in [5.41, 5.74) is 1.99. The summed E-state index contributed by atoms with van der Waals surface area (Å²) in [5.74, 6) is -1.64. The molecule has 0 spiro atoms. The van der Waals surface area contributed by atoms with Gasteiger partial charge in [0, 0.05) is 29.8 Å². The quantitative estimate of drug-likeness (QED) is 0.686. The van der Waals surface area contributed by atoms with E-state index in [9.17, 15) is 18.0 Å². The summed E-state index contributed by atoms with van der Waals surface area (Å²) in [6.45, 7) is 4.06. The molecule has 0 unspecified atom stereocenters. The number of carbonyl (C=O) groups excluding carboxylic acids is 2. The van der Waals surface area contributed by atoms with Gasteiger partial charge in [-0.05, 0) is 68.1 Å². The fraction of sp³-hybridized carbons (Fsp3) is 0.333. The standard InChI is InChI=1S/C21H24ClN3O4S/c1-14-5-6-15(2)19(12-14)30(28,29)25-11-3-4-18(25)13-23-20(26)21(27)24-17-9-7-16(22)8-10-17/h5-10,12,18H,3-4,11,13H2,1-2H3,(H,23,26)(H,24,27)/t18-/m0/s1. The average molecular weight is 450 g/mol. The van der Waals surface area contributed by atoms with Crippen molar-refractivity contribution in [2.24, 2.45) is 0 Å². The van der Waals surface area contributed by atoms with Crippen molar-refractivity contribution >= 4 is 39.1 Å². The largest absolute Gasteiger partial charge is 0.346 e. The molecule has 0 saturated carbocycles. The van der Waals surface area contributed by atoms with Gasteiger partial charge in [0.1, 0.15) is 0 Å². The third-order valence-electron chi connectivity index (χ3n) is 5.06. The number of nitrogens with one attached hydrogen (secondary N) is 2. The molecule has 0 radical (unpaired) electrons. The molecular formula is C21H24ClN3O4S. The number of nitrogens with zero attached hydrogens (tertiary/aromatic N) is 1. The fourth-order valence-corrected chi connectivity index (χ4v) is 5.58. The molecule has 2 N–H and O–H groups in total. The van der Waals surface area contributed by atoms with Gasteiger partial charge >= 0.3 is 11.8 Å². The van der Waals surface area contributed by atoms with Crippen LogP contribution in [0.25, 0.3) is 0 Å². The van der Waals surface area contributed by atoms with Crippen LogP contribution in [-0.2, 0) is 19.6 Å². The molecule has 160 valence electrons. The van der Waals surface area contributed by atoms with E-state index in [-0.39, 0.29) is 11.4 Å². The van der Waals surface area contributed by atoms with E-state index < -0.39 is 27.9 Å². The number of anilines is 1. The SMILES string of the molecule is Cc1ccc(C)c(S(=O)(=O)N2CCC[C@H]2CNC(=O)C(=O)Nc2ccc(Cl)cc2)c1. The number of sulfonamides is 1. The Morgan fingerprint density at radius 3 is 2.50 bits per heavy atom. The zero-order valence-electron chi connectivity index (χ0n) is 16.8. The highest BCUT2D eigenvalue weighted by Gasteiger charge is 2.36. The molecule has 0 aliphatic carbocycles. The van der Waals surface area contributed by atoms with E-state index in [1.807, 2.05) is 13.0 Å². The van der Waals surface area contributed by atoms with Crippen molar-refractivity contribution < 1.29 is 18.0 Å². The van der Waals surface area contributed by atoms with Gasteiger partial charge in [-0.1, -0.05) is 23.7 Å². The lowest BCUT2D eigenvalue weighted by molar-refractivity contribution is -0.136. The lowest BCUT2D eigenvalue weighted by Crippen LogP contribution is -2.45. The second-order valence-corrected chi connectivity index (χ2v) is 9.65. The van der Waals surface area contributed by atoms with Crippen LogP contribution in [0.1, 0.15) is 24.0 Å². The Kier molecular flexibility index (Phi) is 6.80. The Balaban J connectivity index is 1.64. The van der Waals surface area contributed by atoms with Gasteiger partial charge in [-0.25, -0.2) is 8.42 Å². The van der Waals surface area contributed by atoms with Gasteiger partial charge in [0.05, 0.1) is 4.90 Å². The summed E-state index contributed by atoms with van der Waals surface area (Å²) < 4.78 is 27.8. The molecule has 1 saturated heterocycles. The summed E-state index contributed by atoms with van der Waals surface area (Å²) in [6, 6.07) is 11.3. The first-order valence-electron chi connectivity index (χ1n) is 9.62. The Morgan fingerprint density at radius 2 is 1.80 bits per heavy atom. The van der Waals surface area contributed by atoms with E-state index in [2.05, 4.69) is 10.6 Å². The zero-order valence-corrected chi connectivity index (χ0v) is 18.4. The number of hydrogen-bond acceptors (Lipinski definition) is 4. The van der Waals surface area contributed by atoms with Crippen LogP contribution in [-0.4, -0.2) is 43.7 Å². The van der Waals surface area contributed by atoms with Crippen molar-refractivity contribution in [1.82, 2.24) is 9.62 Å². The number of carbonyl (C=O) groups is 2. The van der Waals surface area contributed by atoms with Crippen molar-refractivity contribution in [3.63, 3.8) is 0 Å². The molecule has 1 aliphatic rings. The van der Waals surface area contributed by atoms with Crippen LogP contribution in [0.5, 0.6) is 0 Å². The number of benzene rings is 2. The zero-order chi connectivity index (χ0) is 21.9. The molecule has 2 aromatic rings. The maximum absolute atomic E-state index is 13.2. The lowest BCUT2D eigenvalue weighted by Gasteiger charge is -2.25. The first-order valence-corrected chi connectivity index (χ1v) is 11.4. The first-order chi connectivity index (χ1) is 14.2. The number of halogens is 1. The Morgan fingerprint density at radius 1 is 1.10 bits per heavy atom. The van der Waals surface area contributed by atoms with Crippen LogP contribution >= 0.6 is 11.6 Å². The van der Waals surface area contributed by atoms with Gasteiger partial charge < -0.3 is 10.6 Å². The highest BCUT2D eigenvalue weighted by atomic mass is 35.5. The minimum absolute atomic E-state index is 0.0664. The lowest BCUT2D eigenvalue weighted by atomic mass is 10.2. The van der Waals surface area contributed by atoms with E-state index in [1.165, 1.54) is 4.31 Å². The minimum Gasteiger partial charge on any atom is -0.346 e.